The molecule has 1 unspecified atom stereocenters. The van der Waals surface area contributed by atoms with Crippen molar-refractivity contribution in [1.29, 1.82) is 0 Å². The van der Waals surface area contributed by atoms with Gasteiger partial charge in [0.25, 0.3) is 0 Å². The van der Waals surface area contributed by atoms with Gasteiger partial charge in [-0.3, -0.25) is 0 Å². The summed E-state index contributed by atoms with van der Waals surface area (Å²) in [5.41, 5.74) is 7.73. The molecule has 5 heteroatoms. The number of nitrogens with zero attached hydrogens (tertiary/aromatic N) is 1. The van der Waals surface area contributed by atoms with Gasteiger partial charge in [0, 0.05) is 32.8 Å². The molecule has 0 bridgehead atoms. The number of nitrogens with two attached hydrogens (primary N) is 1. The Balaban J connectivity index is 1.80. The van der Waals surface area contributed by atoms with E-state index in [1.54, 1.807) is 0 Å². The summed E-state index contributed by atoms with van der Waals surface area (Å²) < 4.78 is 0. The van der Waals surface area contributed by atoms with Gasteiger partial charge in [-0.25, -0.2) is 4.79 Å². The van der Waals surface area contributed by atoms with Gasteiger partial charge in [-0.15, -0.1) is 0 Å². The van der Waals surface area contributed by atoms with E-state index in [1.165, 1.54) is 0 Å². The third-order valence-corrected chi connectivity index (χ3v) is 4.10. The number of aliphatic hydroxyl groups excluding tert-OH is 1. The number of nitrogens with one attached hydrogen (secondary N) is 1. The van der Waals surface area contributed by atoms with Crippen molar-refractivity contribution in [1.82, 2.24) is 10.2 Å². The smallest absolute Gasteiger partial charge is 0.317 e. The lowest BCUT2D eigenvalue weighted by Crippen LogP contribution is -2.40. The molecule has 5 nitrogen and oxygen atoms in total. The highest BCUT2D eigenvalue weighted by Gasteiger charge is 2.19. The van der Waals surface area contributed by atoms with Gasteiger partial charge in [-0.05, 0) is 36.3 Å². The summed E-state index contributed by atoms with van der Waals surface area (Å²) in [5, 5.41) is 12.2. The van der Waals surface area contributed by atoms with E-state index in [9.17, 15) is 9.90 Å². The largest absolute Gasteiger partial charge is 0.396 e. The minimum absolute atomic E-state index is 0.0171. The summed E-state index contributed by atoms with van der Waals surface area (Å²) in [6, 6.07) is 7.94. The molecule has 21 heavy (non-hydrogen) atoms. The van der Waals surface area contributed by atoms with Crippen LogP contribution < -0.4 is 11.1 Å². The number of hydrogen-bond donors (Lipinski definition) is 3. The summed E-state index contributed by atoms with van der Waals surface area (Å²) >= 11 is 0. The lowest BCUT2D eigenvalue weighted by molar-refractivity contribution is 0.192. The Hall–Kier alpha value is -1.59. The maximum absolute atomic E-state index is 12.2. The van der Waals surface area contributed by atoms with Gasteiger partial charge in [0.15, 0.2) is 0 Å². The fourth-order valence-corrected chi connectivity index (χ4v) is 2.63. The first-order chi connectivity index (χ1) is 10.2. The lowest BCUT2D eigenvalue weighted by atomic mass is 10.0. The van der Waals surface area contributed by atoms with E-state index in [2.05, 4.69) is 5.32 Å². The average Bonchev–Trinajstić information content (AvgIpc) is 2.78. The molecule has 0 aromatic heterocycles. The molecule has 1 saturated heterocycles. The number of amides is 2. The first-order valence-electron chi connectivity index (χ1n) is 7.64. The number of carbonyl (C=O) groups is 1. The summed E-state index contributed by atoms with van der Waals surface area (Å²) in [6.07, 6.45) is 2.85. The second kappa shape index (κ2) is 8.00. The van der Waals surface area contributed by atoms with Gasteiger partial charge < -0.3 is 21.1 Å². The highest BCUT2D eigenvalue weighted by Crippen LogP contribution is 2.16. The molecule has 1 fully saturated rings. The second-order valence-electron chi connectivity index (χ2n) is 5.65. The Kier molecular flexibility index (Phi) is 6.02. The van der Waals surface area contributed by atoms with Crippen LogP contribution in [0.15, 0.2) is 24.3 Å². The van der Waals surface area contributed by atoms with Crippen LogP contribution in [0.25, 0.3) is 0 Å². The van der Waals surface area contributed by atoms with E-state index in [1.807, 2.05) is 29.2 Å². The molecular weight excluding hydrogens is 266 g/mol. The fourth-order valence-electron chi connectivity index (χ4n) is 2.63. The molecule has 0 spiro atoms. The SMILES string of the molecule is NCc1ccc(CNC(=O)N2CCCC(CO)CC2)cc1. The van der Waals surface area contributed by atoms with Gasteiger partial charge in [0.05, 0.1) is 0 Å². The van der Waals surface area contributed by atoms with Gasteiger partial charge in [-0.2, -0.15) is 0 Å². The predicted molar refractivity (Wildman–Crippen MR) is 82.6 cm³/mol. The zero-order valence-corrected chi connectivity index (χ0v) is 12.4. The van der Waals surface area contributed by atoms with Crippen molar-refractivity contribution in [2.75, 3.05) is 19.7 Å². The quantitative estimate of drug-likeness (QED) is 0.785. The van der Waals surface area contributed by atoms with Crippen molar-refractivity contribution < 1.29 is 9.90 Å². The molecule has 0 radical (unpaired) electrons. The summed E-state index contributed by atoms with van der Waals surface area (Å²) in [5.74, 6) is 0.339. The maximum atomic E-state index is 12.2. The van der Waals surface area contributed by atoms with Crippen LogP contribution in [0.4, 0.5) is 4.79 Å². The molecule has 1 aromatic carbocycles. The van der Waals surface area contributed by atoms with Crippen molar-refractivity contribution in [3.63, 3.8) is 0 Å². The van der Waals surface area contributed by atoms with E-state index in [-0.39, 0.29) is 12.6 Å². The monoisotopic (exact) mass is 291 g/mol. The van der Waals surface area contributed by atoms with Gasteiger partial charge in [0.2, 0.25) is 0 Å². The summed E-state index contributed by atoms with van der Waals surface area (Å²) in [7, 11) is 0. The maximum Gasteiger partial charge on any atom is 0.317 e. The normalized spacial score (nSPS) is 19.1. The van der Waals surface area contributed by atoms with Crippen LogP contribution in [-0.2, 0) is 13.1 Å². The predicted octanol–water partition coefficient (Wildman–Crippen LogP) is 1.45. The number of aliphatic hydroxyl groups is 1. The Bertz CT molecular complexity index is 447. The Morgan fingerprint density at radius 1 is 1.24 bits per heavy atom. The van der Waals surface area contributed by atoms with Crippen molar-refractivity contribution in [3.8, 4) is 0 Å². The molecule has 1 atom stereocenters. The van der Waals surface area contributed by atoms with Crippen molar-refractivity contribution in [2.24, 2.45) is 11.7 Å². The van der Waals surface area contributed by atoms with Gasteiger partial charge in [-0.1, -0.05) is 24.3 Å². The third kappa shape index (κ3) is 4.72. The van der Waals surface area contributed by atoms with Crippen LogP contribution in [-0.4, -0.2) is 35.7 Å². The van der Waals surface area contributed by atoms with Gasteiger partial charge in [0.1, 0.15) is 0 Å². The number of hydrogen-bond acceptors (Lipinski definition) is 3. The number of benzene rings is 1. The number of urea groups is 1. The Morgan fingerprint density at radius 2 is 1.95 bits per heavy atom. The van der Waals surface area contributed by atoms with Crippen LogP contribution in [0.2, 0.25) is 0 Å². The molecular formula is C16H25N3O2. The molecule has 1 aromatic rings. The van der Waals surface area contributed by atoms with Crippen LogP contribution >= 0.6 is 0 Å². The van der Waals surface area contributed by atoms with Crippen molar-refractivity contribution in [3.05, 3.63) is 35.4 Å². The Morgan fingerprint density at radius 3 is 2.62 bits per heavy atom. The highest BCUT2D eigenvalue weighted by molar-refractivity contribution is 5.74. The molecule has 116 valence electrons. The van der Waals surface area contributed by atoms with Crippen molar-refractivity contribution >= 4 is 6.03 Å². The highest BCUT2D eigenvalue weighted by atomic mass is 16.3. The van der Waals surface area contributed by atoms with Crippen LogP contribution in [0, 0.1) is 5.92 Å². The molecule has 1 aliphatic heterocycles. The minimum Gasteiger partial charge on any atom is -0.396 e. The summed E-state index contributed by atoms with van der Waals surface area (Å²) in [6.45, 7) is 2.79. The van der Waals surface area contributed by atoms with E-state index in [4.69, 9.17) is 5.73 Å². The zero-order valence-electron chi connectivity index (χ0n) is 12.4. The molecule has 2 rings (SSSR count). The van der Waals surface area contributed by atoms with E-state index in [0.717, 1.165) is 43.5 Å². The standard InChI is InChI=1S/C16H25N3O2/c17-10-13-3-5-14(6-4-13)11-18-16(21)19-8-1-2-15(12-20)7-9-19/h3-6,15,20H,1-2,7-12,17H2,(H,18,21). The van der Waals surface area contributed by atoms with Gasteiger partial charge >= 0.3 is 6.03 Å². The number of likely N-dealkylation sites (tertiary alicyclic amines) is 1. The van der Waals surface area contributed by atoms with E-state index in [0.29, 0.717) is 19.0 Å². The van der Waals surface area contributed by atoms with E-state index < -0.39 is 0 Å². The summed E-state index contributed by atoms with van der Waals surface area (Å²) in [4.78, 5) is 14.0. The van der Waals surface area contributed by atoms with Crippen LogP contribution in [0.1, 0.15) is 30.4 Å². The van der Waals surface area contributed by atoms with Crippen LogP contribution in [0.3, 0.4) is 0 Å². The fraction of sp³-hybridized carbons (Fsp3) is 0.562. The third-order valence-electron chi connectivity index (χ3n) is 4.10. The number of carbonyl (C=O) groups excluding carboxylic acids is 1. The first kappa shape index (κ1) is 15.8. The Labute approximate surface area is 126 Å². The molecule has 0 aliphatic carbocycles. The average molecular weight is 291 g/mol. The molecule has 0 saturated carbocycles. The minimum atomic E-state index is -0.0171. The van der Waals surface area contributed by atoms with Crippen LogP contribution in [0.5, 0.6) is 0 Å². The van der Waals surface area contributed by atoms with E-state index >= 15 is 0 Å². The molecule has 1 aliphatic rings. The molecule has 2 amide bonds. The first-order valence-corrected chi connectivity index (χ1v) is 7.64. The lowest BCUT2D eigenvalue weighted by Gasteiger charge is -2.21. The topological polar surface area (TPSA) is 78.6 Å². The molecule has 1 heterocycles. The number of rotatable bonds is 4. The zero-order chi connectivity index (χ0) is 15.1. The van der Waals surface area contributed by atoms with Crippen molar-refractivity contribution in [2.45, 2.75) is 32.4 Å². The second-order valence-corrected chi connectivity index (χ2v) is 5.65. The molecule has 4 N–H and O–H groups in total.